The van der Waals surface area contributed by atoms with Gasteiger partial charge in [-0.15, -0.1) is 0 Å². The number of esters is 1. The molecule has 4 rings (SSSR count). The quantitative estimate of drug-likeness (QED) is 0.174. The van der Waals surface area contributed by atoms with Gasteiger partial charge in [-0.1, -0.05) is 71.1 Å². The molecule has 3 aliphatic heterocycles. The summed E-state index contributed by atoms with van der Waals surface area (Å²) < 4.78 is 18.1. The summed E-state index contributed by atoms with van der Waals surface area (Å²) in [5.41, 5.74) is 1.24. The molecule has 0 aromatic rings. The van der Waals surface area contributed by atoms with Crippen LogP contribution in [0.5, 0.6) is 0 Å². The van der Waals surface area contributed by atoms with E-state index in [1.54, 1.807) is 27.0 Å². The van der Waals surface area contributed by atoms with E-state index in [1.807, 2.05) is 65.0 Å². The highest BCUT2D eigenvalue weighted by Gasteiger charge is 2.46. The minimum Gasteiger partial charge on any atom is -0.460 e. The number of carbonyl (C=O) groups excluding carboxylic acids is 4. The molecule has 4 aliphatic rings. The number of carbonyl (C=O) groups is 4. The first-order valence-electron chi connectivity index (χ1n) is 23.0. The van der Waals surface area contributed by atoms with Gasteiger partial charge in [0.1, 0.15) is 23.7 Å². The standard InChI is InChI=1S/C49H77NO11/c1-30-14-10-9-11-15-31(2)41(52)26-38-19-17-36(7)49(58,61-38)29-47(56)50-21-13-12-16-39(50)48(57)60-45(35(6)24-37-18-20-40(51)46(25-37)59-8)28-44(55)34(5)23-33(4)43(54)27-42(53)32(3)22-30/h9-11,14-15,23,30,32,34-41,43,45-46,51-52,54,58H,12-13,16-22,24-29H2,1-8H3/b11-9+,14-10+,31-15+,33-23+/t30-,32-,34-,35-,36-,37-,38+,39+,40+,41+,43+,45+,46+,49+/m1/s1. The molecule has 0 aromatic heterocycles. The molecule has 3 heterocycles. The lowest BCUT2D eigenvalue weighted by Gasteiger charge is -2.44. The van der Waals surface area contributed by atoms with Crippen LogP contribution in [0.4, 0.5) is 0 Å². The molecule has 12 heteroatoms. The van der Waals surface area contributed by atoms with Crippen molar-refractivity contribution < 1.29 is 53.8 Å². The molecule has 0 radical (unpaired) electrons. The number of fused-ring (bicyclic) bond motifs is 3. The Balaban J connectivity index is 1.63. The molecule has 1 aliphatic carbocycles. The van der Waals surface area contributed by atoms with Crippen molar-refractivity contribution in [1.29, 1.82) is 0 Å². The van der Waals surface area contributed by atoms with Gasteiger partial charge in [0.15, 0.2) is 5.79 Å². The average molecular weight is 856 g/mol. The fourth-order valence-electron chi connectivity index (χ4n) is 9.60. The third kappa shape index (κ3) is 14.8. The Morgan fingerprint density at radius 3 is 2.31 bits per heavy atom. The van der Waals surface area contributed by atoms with Gasteiger partial charge in [0.2, 0.25) is 5.91 Å². The topological polar surface area (TPSA) is 180 Å². The van der Waals surface area contributed by atoms with Gasteiger partial charge in [-0.25, -0.2) is 4.79 Å². The second-order valence-electron chi connectivity index (χ2n) is 19.1. The van der Waals surface area contributed by atoms with E-state index >= 15 is 0 Å². The molecule has 1 saturated carbocycles. The Morgan fingerprint density at radius 1 is 0.852 bits per heavy atom. The maximum absolute atomic E-state index is 14.3. The van der Waals surface area contributed by atoms with Crippen molar-refractivity contribution in [2.45, 2.75) is 187 Å². The van der Waals surface area contributed by atoms with Crippen molar-refractivity contribution in [2.24, 2.45) is 35.5 Å². The van der Waals surface area contributed by atoms with E-state index in [1.165, 1.54) is 4.90 Å². The van der Waals surface area contributed by atoms with Crippen LogP contribution in [-0.2, 0) is 33.4 Å². The van der Waals surface area contributed by atoms with Crippen molar-refractivity contribution >= 4 is 23.4 Å². The van der Waals surface area contributed by atoms with Gasteiger partial charge in [-0.2, -0.15) is 0 Å². The van der Waals surface area contributed by atoms with Gasteiger partial charge in [-0.05, 0) is 107 Å². The second kappa shape index (κ2) is 23.6. The Kier molecular flexibility index (Phi) is 19.6. The van der Waals surface area contributed by atoms with Crippen LogP contribution in [0, 0.1) is 35.5 Å². The number of ether oxygens (including phenoxy) is 3. The zero-order valence-electron chi connectivity index (χ0n) is 38.2. The average Bonchev–Trinajstić information content (AvgIpc) is 3.21. The van der Waals surface area contributed by atoms with Crippen LogP contribution >= 0.6 is 0 Å². The van der Waals surface area contributed by atoms with Crippen LogP contribution in [0.3, 0.4) is 0 Å². The summed E-state index contributed by atoms with van der Waals surface area (Å²) in [4.78, 5) is 57.1. The number of allylic oxidation sites excluding steroid dienone is 6. The lowest BCUT2D eigenvalue weighted by atomic mass is 9.78. The van der Waals surface area contributed by atoms with Crippen molar-refractivity contribution in [3.8, 4) is 0 Å². The van der Waals surface area contributed by atoms with Gasteiger partial charge in [0, 0.05) is 50.7 Å². The van der Waals surface area contributed by atoms with E-state index in [9.17, 15) is 39.6 Å². The number of methoxy groups -OCH3 is 1. The molecule has 12 nitrogen and oxygen atoms in total. The first-order valence-corrected chi connectivity index (χ1v) is 23.0. The Labute approximate surface area is 364 Å². The number of hydrogen-bond acceptors (Lipinski definition) is 11. The van der Waals surface area contributed by atoms with E-state index in [2.05, 4.69) is 0 Å². The molecule has 61 heavy (non-hydrogen) atoms. The molecule has 14 atom stereocenters. The molecule has 1 amide bonds. The van der Waals surface area contributed by atoms with Crippen LogP contribution in [0.1, 0.15) is 138 Å². The van der Waals surface area contributed by atoms with E-state index in [0.717, 1.165) is 12.0 Å². The molecule has 2 bridgehead atoms. The van der Waals surface area contributed by atoms with Gasteiger partial charge in [-0.3, -0.25) is 14.4 Å². The molecule has 3 fully saturated rings. The summed E-state index contributed by atoms with van der Waals surface area (Å²) in [5, 5.41) is 44.5. The van der Waals surface area contributed by atoms with Crippen molar-refractivity contribution in [1.82, 2.24) is 4.90 Å². The van der Waals surface area contributed by atoms with Gasteiger partial charge in [0.05, 0.1) is 36.9 Å². The Hall–Kier alpha value is -3.00. The zero-order chi connectivity index (χ0) is 45.0. The molecule has 0 spiro atoms. The van der Waals surface area contributed by atoms with Crippen LogP contribution < -0.4 is 0 Å². The summed E-state index contributed by atoms with van der Waals surface area (Å²) in [6.07, 6.45) is 13.0. The first-order chi connectivity index (χ1) is 28.8. The highest BCUT2D eigenvalue weighted by Crippen LogP contribution is 2.38. The lowest BCUT2D eigenvalue weighted by molar-refractivity contribution is -0.283. The molecule has 2 saturated heterocycles. The predicted molar refractivity (Wildman–Crippen MR) is 234 cm³/mol. The largest absolute Gasteiger partial charge is 0.460 e. The van der Waals surface area contributed by atoms with Crippen LogP contribution in [0.2, 0.25) is 0 Å². The number of amides is 1. The van der Waals surface area contributed by atoms with Gasteiger partial charge < -0.3 is 39.5 Å². The lowest BCUT2D eigenvalue weighted by Crippen LogP contribution is -2.54. The summed E-state index contributed by atoms with van der Waals surface area (Å²) in [5.74, 6) is -4.33. The van der Waals surface area contributed by atoms with Gasteiger partial charge in [0.25, 0.3) is 0 Å². The molecule has 344 valence electrons. The first kappa shape index (κ1) is 50.6. The highest BCUT2D eigenvalue weighted by molar-refractivity contribution is 5.86. The van der Waals surface area contributed by atoms with Crippen LogP contribution in [0.15, 0.2) is 47.6 Å². The number of piperidine rings is 1. The number of nitrogens with zero attached hydrogens (tertiary/aromatic N) is 1. The van der Waals surface area contributed by atoms with E-state index in [0.29, 0.717) is 69.9 Å². The minimum atomic E-state index is -1.79. The number of Topliss-reactive ketones (excluding diaryl/α,β-unsaturated/α-hetero) is 2. The summed E-state index contributed by atoms with van der Waals surface area (Å²) >= 11 is 0. The number of aliphatic hydroxyl groups excluding tert-OH is 3. The van der Waals surface area contributed by atoms with Crippen LogP contribution in [-0.4, -0.2) is 111 Å². The number of cyclic esters (lactones) is 1. The van der Waals surface area contributed by atoms with Gasteiger partial charge >= 0.3 is 5.97 Å². The third-order valence-electron chi connectivity index (χ3n) is 14.0. The fourth-order valence-corrected chi connectivity index (χ4v) is 9.60. The summed E-state index contributed by atoms with van der Waals surface area (Å²) in [6, 6.07) is -0.904. The smallest absolute Gasteiger partial charge is 0.329 e. The second-order valence-corrected chi connectivity index (χ2v) is 19.1. The maximum atomic E-state index is 14.3. The normalized spacial score (nSPS) is 41.0. The van der Waals surface area contributed by atoms with E-state index in [-0.39, 0.29) is 72.9 Å². The number of aliphatic hydroxyl groups is 4. The monoisotopic (exact) mass is 856 g/mol. The third-order valence-corrected chi connectivity index (χ3v) is 14.0. The molecular weight excluding hydrogens is 779 g/mol. The predicted octanol–water partition coefficient (Wildman–Crippen LogP) is 6.72. The highest BCUT2D eigenvalue weighted by atomic mass is 16.6. The maximum Gasteiger partial charge on any atom is 0.329 e. The number of rotatable bonds is 4. The minimum absolute atomic E-state index is 0.0663. The Morgan fingerprint density at radius 2 is 1.59 bits per heavy atom. The SMILES string of the molecule is CO[C@H]1C[C@@H](C[C@@H](C)[C@@H]2CC(=O)[C@H](C)/C=C(\C)[C@@H](O)CC(=O)[C@H](C)C[C@H](C)/C=C/C=C/C=C(\C)[C@@H](O)C[C@@H]3CC[C@@H](C)[C@](O)(CC(=O)N4CCCC[C@H]4C(=O)O2)O3)CC[C@@H]1O. The summed E-state index contributed by atoms with van der Waals surface area (Å²) in [6.45, 7) is 13.3. The molecule has 4 N–H and O–H groups in total. The van der Waals surface area contributed by atoms with Crippen LogP contribution in [0.25, 0.3) is 0 Å². The van der Waals surface area contributed by atoms with Crippen molar-refractivity contribution in [2.75, 3.05) is 13.7 Å². The number of hydrogen-bond donors (Lipinski definition) is 4. The van der Waals surface area contributed by atoms with E-state index < -0.39 is 60.1 Å². The molecule has 0 unspecified atom stereocenters. The summed E-state index contributed by atoms with van der Waals surface area (Å²) in [7, 11) is 1.59. The molecule has 0 aromatic carbocycles. The van der Waals surface area contributed by atoms with Crippen molar-refractivity contribution in [3.63, 3.8) is 0 Å². The van der Waals surface area contributed by atoms with Crippen molar-refractivity contribution in [3.05, 3.63) is 47.6 Å². The van der Waals surface area contributed by atoms with E-state index in [4.69, 9.17) is 14.2 Å². The fraction of sp³-hybridized carbons (Fsp3) is 0.755. The Bertz CT molecular complexity index is 1600. The number of ketones is 2. The molecular formula is C49H77NO11. The zero-order valence-corrected chi connectivity index (χ0v) is 38.2.